The van der Waals surface area contributed by atoms with Gasteiger partial charge in [0, 0.05) is 18.5 Å². The lowest BCUT2D eigenvalue weighted by molar-refractivity contribution is -0.132. The molecule has 130 valence electrons. The third-order valence-electron chi connectivity index (χ3n) is 4.40. The Bertz CT molecular complexity index is 825. The van der Waals surface area contributed by atoms with Crippen LogP contribution in [0.15, 0.2) is 42.5 Å². The van der Waals surface area contributed by atoms with E-state index in [4.69, 9.17) is 11.6 Å². The van der Waals surface area contributed by atoms with Crippen LogP contribution >= 0.6 is 11.6 Å². The van der Waals surface area contributed by atoms with Gasteiger partial charge in [-0.3, -0.25) is 9.59 Å². The second kappa shape index (κ2) is 7.23. The molecule has 6 heteroatoms. The van der Waals surface area contributed by atoms with E-state index in [1.165, 1.54) is 19.1 Å². The van der Waals surface area contributed by atoms with Crippen molar-refractivity contribution in [2.75, 3.05) is 11.9 Å². The minimum Gasteiger partial charge on any atom is -0.335 e. The highest BCUT2D eigenvalue weighted by Crippen LogP contribution is 2.32. The van der Waals surface area contributed by atoms with Crippen molar-refractivity contribution in [3.05, 3.63) is 64.4 Å². The summed E-state index contributed by atoms with van der Waals surface area (Å²) in [4.78, 5) is 26.1. The smallest absolute Gasteiger partial charge is 0.226 e. The van der Waals surface area contributed by atoms with Gasteiger partial charge in [0.25, 0.3) is 0 Å². The molecule has 1 unspecified atom stereocenters. The number of nitrogens with one attached hydrogen (secondary N) is 1. The molecule has 4 nitrogen and oxygen atoms in total. The van der Waals surface area contributed by atoms with Crippen LogP contribution in [0.4, 0.5) is 10.1 Å². The molecule has 0 bridgehead atoms. The first-order valence-corrected chi connectivity index (χ1v) is 8.43. The molecule has 0 aromatic heterocycles. The summed E-state index contributed by atoms with van der Waals surface area (Å²) in [5, 5.41) is 2.83. The molecule has 25 heavy (non-hydrogen) atoms. The molecular weight excluding hydrogens is 343 g/mol. The van der Waals surface area contributed by atoms with E-state index in [-0.39, 0.29) is 35.0 Å². The van der Waals surface area contributed by atoms with E-state index in [2.05, 4.69) is 5.32 Å². The van der Waals surface area contributed by atoms with Crippen LogP contribution in [0.2, 0.25) is 5.02 Å². The minimum absolute atomic E-state index is 0.0681. The molecule has 1 aliphatic rings. The first-order chi connectivity index (χ1) is 12.0. The van der Waals surface area contributed by atoms with E-state index in [1.807, 2.05) is 24.3 Å². The monoisotopic (exact) mass is 360 g/mol. The quantitative estimate of drug-likeness (QED) is 0.900. The number of rotatable bonds is 3. The average molecular weight is 361 g/mol. The van der Waals surface area contributed by atoms with Crippen molar-refractivity contribution in [2.45, 2.75) is 25.8 Å². The number of benzene rings is 2. The van der Waals surface area contributed by atoms with Crippen LogP contribution < -0.4 is 5.32 Å². The van der Waals surface area contributed by atoms with Crippen molar-refractivity contribution in [3.8, 4) is 0 Å². The van der Waals surface area contributed by atoms with Gasteiger partial charge in [0.05, 0.1) is 18.2 Å². The number of nitrogens with zero attached hydrogens (tertiary/aromatic N) is 1. The van der Waals surface area contributed by atoms with Crippen LogP contribution in [0.3, 0.4) is 0 Å². The lowest BCUT2D eigenvalue weighted by Crippen LogP contribution is -2.40. The van der Waals surface area contributed by atoms with Crippen molar-refractivity contribution in [1.29, 1.82) is 0 Å². The highest BCUT2D eigenvalue weighted by molar-refractivity contribution is 6.30. The first-order valence-electron chi connectivity index (χ1n) is 8.05. The predicted octanol–water partition coefficient (Wildman–Crippen LogP) is 3.95. The van der Waals surface area contributed by atoms with Crippen molar-refractivity contribution < 1.29 is 14.0 Å². The number of fused-ring (bicyclic) bond motifs is 1. The Morgan fingerprint density at radius 1 is 1.28 bits per heavy atom. The van der Waals surface area contributed by atoms with Gasteiger partial charge in [-0.05, 0) is 35.7 Å². The summed E-state index contributed by atoms with van der Waals surface area (Å²) < 4.78 is 13.9. The van der Waals surface area contributed by atoms with Crippen LogP contribution in [0.1, 0.15) is 30.5 Å². The SMILES string of the molecule is CC(=O)N1CCc2ccccc2C1CC(=O)Nc1ccc(Cl)cc1F. The highest BCUT2D eigenvalue weighted by atomic mass is 35.5. The molecule has 0 radical (unpaired) electrons. The number of amides is 2. The fourth-order valence-corrected chi connectivity index (χ4v) is 3.38. The van der Waals surface area contributed by atoms with E-state index >= 15 is 0 Å². The Hall–Kier alpha value is -2.40. The Kier molecular flexibility index (Phi) is 5.04. The molecule has 0 saturated heterocycles. The second-order valence-corrected chi connectivity index (χ2v) is 6.49. The summed E-state index contributed by atoms with van der Waals surface area (Å²) >= 11 is 5.72. The maximum absolute atomic E-state index is 13.9. The number of carbonyl (C=O) groups is 2. The van der Waals surface area contributed by atoms with Gasteiger partial charge in [0.1, 0.15) is 5.82 Å². The van der Waals surface area contributed by atoms with Gasteiger partial charge in [-0.25, -0.2) is 4.39 Å². The van der Waals surface area contributed by atoms with Crippen LogP contribution in [-0.2, 0) is 16.0 Å². The topological polar surface area (TPSA) is 49.4 Å². The molecular formula is C19H18ClFN2O2. The lowest BCUT2D eigenvalue weighted by Gasteiger charge is -2.36. The fraction of sp³-hybridized carbons (Fsp3) is 0.263. The number of anilines is 1. The van der Waals surface area contributed by atoms with Crippen molar-refractivity contribution in [3.63, 3.8) is 0 Å². The molecule has 1 aliphatic heterocycles. The van der Waals surface area contributed by atoms with Crippen LogP contribution in [0, 0.1) is 5.82 Å². The number of hydrogen-bond acceptors (Lipinski definition) is 2. The molecule has 0 saturated carbocycles. The summed E-state index contributed by atoms with van der Waals surface area (Å²) in [6.45, 7) is 2.07. The van der Waals surface area contributed by atoms with Gasteiger partial charge in [-0.2, -0.15) is 0 Å². The minimum atomic E-state index is -0.590. The van der Waals surface area contributed by atoms with Gasteiger partial charge in [-0.1, -0.05) is 35.9 Å². The Morgan fingerprint density at radius 2 is 2.04 bits per heavy atom. The first kappa shape index (κ1) is 17.4. The van der Waals surface area contributed by atoms with E-state index < -0.39 is 5.82 Å². The van der Waals surface area contributed by atoms with Crippen molar-refractivity contribution >= 4 is 29.1 Å². The molecule has 1 N–H and O–H groups in total. The third-order valence-corrected chi connectivity index (χ3v) is 4.64. The predicted molar refractivity (Wildman–Crippen MR) is 94.9 cm³/mol. The largest absolute Gasteiger partial charge is 0.335 e. The molecule has 1 heterocycles. The molecule has 3 rings (SSSR count). The summed E-state index contributed by atoms with van der Waals surface area (Å²) in [7, 11) is 0. The van der Waals surface area contributed by atoms with E-state index in [1.54, 1.807) is 4.90 Å². The molecule has 0 aliphatic carbocycles. The Morgan fingerprint density at radius 3 is 2.76 bits per heavy atom. The van der Waals surface area contributed by atoms with E-state index in [9.17, 15) is 14.0 Å². The Balaban J connectivity index is 1.81. The summed E-state index contributed by atoms with van der Waals surface area (Å²) in [6.07, 6.45) is 0.832. The van der Waals surface area contributed by atoms with Crippen LogP contribution in [-0.4, -0.2) is 23.3 Å². The average Bonchev–Trinajstić information content (AvgIpc) is 2.57. The number of carbonyl (C=O) groups excluding carboxylic acids is 2. The second-order valence-electron chi connectivity index (χ2n) is 6.05. The number of hydrogen-bond donors (Lipinski definition) is 1. The number of halogens is 2. The van der Waals surface area contributed by atoms with Gasteiger partial charge < -0.3 is 10.2 Å². The molecule has 0 fully saturated rings. The Labute approximate surface area is 150 Å². The molecule has 1 atom stereocenters. The standard InChI is InChI=1S/C19H18ClFN2O2/c1-12(24)23-9-8-13-4-2-3-5-15(13)18(23)11-19(25)22-17-7-6-14(20)10-16(17)21/h2-7,10,18H,8-9,11H2,1H3,(H,22,25). The molecule has 2 aromatic rings. The van der Waals surface area contributed by atoms with E-state index in [0.29, 0.717) is 6.54 Å². The van der Waals surface area contributed by atoms with Gasteiger partial charge in [0.15, 0.2) is 0 Å². The van der Waals surface area contributed by atoms with Crippen LogP contribution in [0.25, 0.3) is 0 Å². The van der Waals surface area contributed by atoms with Crippen molar-refractivity contribution in [1.82, 2.24) is 4.90 Å². The summed E-state index contributed by atoms with van der Waals surface area (Å²) in [5.74, 6) is -1.02. The summed E-state index contributed by atoms with van der Waals surface area (Å²) in [5.41, 5.74) is 2.18. The lowest BCUT2D eigenvalue weighted by atomic mass is 9.90. The van der Waals surface area contributed by atoms with Crippen molar-refractivity contribution in [2.24, 2.45) is 0 Å². The normalized spacial score (nSPS) is 16.3. The zero-order valence-corrected chi connectivity index (χ0v) is 14.5. The zero-order valence-electron chi connectivity index (χ0n) is 13.8. The zero-order chi connectivity index (χ0) is 18.0. The summed E-state index contributed by atoms with van der Waals surface area (Å²) in [6, 6.07) is 11.5. The molecule has 2 amide bonds. The van der Waals surface area contributed by atoms with Gasteiger partial charge in [0.2, 0.25) is 11.8 Å². The fourth-order valence-electron chi connectivity index (χ4n) is 3.22. The van der Waals surface area contributed by atoms with E-state index in [0.717, 1.165) is 23.6 Å². The third kappa shape index (κ3) is 3.82. The van der Waals surface area contributed by atoms with Gasteiger partial charge >= 0.3 is 0 Å². The highest BCUT2D eigenvalue weighted by Gasteiger charge is 2.30. The molecule has 0 spiro atoms. The maximum atomic E-state index is 13.9. The maximum Gasteiger partial charge on any atom is 0.226 e. The van der Waals surface area contributed by atoms with Crippen LogP contribution in [0.5, 0.6) is 0 Å². The van der Waals surface area contributed by atoms with Gasteiger partial charge in [-0.15, -0.1) is 0 Å². The molecule has 2 aromatic carbocycles.